The second kappa shape index (κ2) is 18.5. The van der Waals surface area contributed by atoms with Gasteiger partial charge in [0, 0.05) is 12.1 Å². The lowest BCUT2D eigenvalue weighted by Gasteiger charge is -2.17. The van der Waals surface area contributed by atoms with Crippen LogP contribution in [0.5, 0.6) is 0 Å². The number of nitrogens with two attached hydrogens (primary N) is 1. The Kier molecular flexibility index (Phi) is 15.0. The van der Waals surface area contributed by atoms with Crippen LogP contribution in [0.15, 0.2) is 30.3 Å². The number of fused-ring (bicyclic) bond motifs is 3. The molecular formula is C37H59N. The lowest BCUT2D eigenvalue weighted by Crippen LogP contribution is -2.05. The van der Waals surface area contributed by atoms with Crippen molar-refractivity contribution in [2.45, 2.75) is 162 Å². The van der Waals surface area contributed by atoms with E-state index >= 15 is 0 Å². The predicted octanol–water partition coefficient (Wildman–Crippen LogP) is 11.8. The van der Waals surface area contributed by atoms with Gasteiger partial charge in [-0.15, -0.1) is 0 Å². The standard InChI is InChI=1S/C37H59N/c1-3-5-7-9-11-13-15-17-19-21-25-32-29-35-33-27-24-23-26-31(33)30-36(35)37(38)34(32)28-22-20-18-16-14-12-10-8-6-4-2/h23-24,26-27,29H,3-22,25,28,30,38H2,1-2H3. The molecule has 0 spiro atoms. The number of nitrogen functional groups attached to an aromatic ring is 1. The molecule has 0 fully saturated rings. The van der Waals surface area contributed by atoms with E-state index in [1.165, 1.54) is 169 Å². The first-order valence-electron chi connectivity index (χ1n) is 16.8. The van der Waals surface area contributed by atoms with Crippen LogP contribution in [-0.4, -0.2) is 0 Å². The number of aryl methyl sites for hydroxylation is 1. The highest BCUT2D eigenvalue weighted by Crippen LogP contribution is 2.42. The molecule has 38 heavy (non-hydrogen) atoms. The van der Waals surface area contributed by atoms with Crippen LogP contribution in [0.3, 0.4) is 0 Å². The molecule has 0 unspecified atom stereocenters. The molecular weight excluding hydrogens is 458 g/mol. The number of hydrogen-bond acceptors (Lipinski definition) is 1. The summed E-state index contributed by atoms with van der Waals surface area (Å²) < 4.78 is 0. The summed E-state index contributed by atoms with van der Waals surface area (Å²) in [6.07, 6.45) is 31.3. The van der Waals surface area contributed by atoms with Crippen molar-refractivity contribution >= 4 is 5.69 Å². The summed E-state index contributed by atoms with van der Waals surface area (Å²) in [6.45, 7) is 4.60. The molecule has 1 aliphatic rings. The van der Waals surface area contributed by atoms with Gasteiger partial charge in [0.25, 0.3) is 0 Å². The Balaban J connectivity index is 1.48. The summed E-state index contributed by atoms with van der Waals surface area (Å²) in [5, 5.41) is 0. The largest absolute Gasteiger partial charge is 0.398 e. The molecule has 3 rings (SSSR count). The van der Waals surface area contributed by atoms with Crippen LogP contribution >= 0.6 is 0 Å². The highest BCUT2D eigenvalue weighted by atomic mass is 14.6. The highest BCUT2D eigenvalue weighted by molar-refractivity contribution is 5.83. The quantitative estimate of drug-likeness (QED) is 0.104. The van der Waals surface area contributed by atoms with Gasteiger partial charge in [0.15, 0.2) is 0 Å². The Bertz CT molecular complexity index is 911. The number of hydrogen-bond donors (Lipinski definition) is 1. The first-order valence-corrected chi connectivity index (χ1v) is 16.8. The molecule has 1 aliphatic carbocycles. The first-order chi connectivity index (χ1) is 18.8. The molecule has 2 aromatic rings. The van der Waals surface area contributed by atoms with E-state index in [1.807, 2.05) is 0 Å². The van der Waals surface area contributed by atoms with E-state index in [0.29, 0.717) is 0 Å². The van der Waals surface area contributed by atoms with Gasteiger partial charge in [0.1, 0.15) is 0 Å². The minimum atomic E-state index is 1.01. The molecule has 0 saturated heterocycles. The van der Waals surface area contributed by atoms with E-state index in [0.717, 1.165) is 12.1 Å². The van der Waals surface area contributed by atoms with Gasteiger partial charge in [-0.2, -0.15) is 0 Å². The van der Waals surface area contributed by atoms with E-state index in [1.54, 1.807) is 5.56 Å². The first kappa shape index (κ1) is 30.8. The third kappa shape index (κ3) is 10.1. The fourth-order valence-corrected chi connectivity index (χ4v) is 6.52. The summed E-state index contributed by atoms with van der Waals surface area (Å²) in [7, 11) is 0. The zero-order valence-corrected chi connectivity index (χ0v) is 25.2. The van der Waals surface area contributed by atoms with Gasteiger partial charge >= 0.3 is 0 Å². The molecule has 0 aromatic heterocycles. The van der Waals surface area contributed by atoms with Crippen LogP contribution in [0.4, 0.5) is 5.69 Å². The van der Waals surface area contributed by atoms with Crippen molar-refractivity contribution < 1.29 is 0 Å². The van der Waals surface area contributed by atoms with Crippen LogP contribution in [0.1, 0.15) is 165 Å². The highest BCUT2D eigenvalue weighted by Gasteiger charge is 2.23. The Morgan fingerprint density at radius 2 is 1.03 bits per heavy atom. The van der Waals surface area contributed by atoms with Crippen molar-refractivity contribution in [3.05, 3.63) is 52.6 Å². The fraction of sp³-hybridized carbons (Fsp3) is 0.676. The Labute approximate surface area is 236 Å². The van der Waals surface area contributed by atoms with Crippen molar-refractivity contribution in [3.63, 3.8) is 0 Å². The Morgan fingerprint density at radius 3 is 1.58 bits per heavy atom. The molecule has 0 heterocycles. The van der Waals surface area contributed by atoms with E-state index in [2.05, 4.69) is 44.2 Å². The average Bonchev–Trinajstić information content (AvgIpc) is 3.31. The van der Waals surface area contributed by atoms with Crippen molar-refractivity contribution in [2.75, 3.05) is 5.73 Å². The maximum atomic E-state index is 6.96. The summed E-state index contributed by atoms with van der Waals surface area (Å²) >= 11 is 0. The van der Waals surface area contributed by atoms with Crippen LogP contribution in [0, 0.1) is 0 Å². The molecule has 0 bridgehead atoms. The fourth-order valence-electron chi connectivity index (χ4n) is 6.52. The summed E-state index contributed by atoms with van der Waals surface area (Å²) in [5.74, 6) is 0. The molecule has 0 atom stereocenters. The van der Waals surface area contributed by atoms with Crippen LogP contribution < -0.4 is 5.73 Å². The Hall–Kier alpha value is -1.76. The Morgan fingerprint density at radius 1 is 0.553 bits per heavy atom. The lowest BCUT2D eigenvalue weighted by molar-refractivity contribution is 0.553. The summed E-state index contributed by atoms with van der Waals surface area (Å²) in [5.41, 5.74) is 16.8. The lowest BCUT2D eigenvalue weighted by atomic mass is 9.89. The van der Waals surface area contributed by atoms with Gasteiger partial charge in [-0.3, -0.25) is 0 Å². The van der Waals surface area contributed by atoms with Gasteiger partial charge in [-0.1, -0.05) is 160 Å². The molecule has 1 nitrogen and oxygen atoms in total. The number of rotatable bonds is 22. The molecule has 2 N–H and O–H groups in total. The van der Waals surface area contributed by atoms with Crippen molar-refractivity contribution in [1.82, 2.24) is 0 Å². The minimum absolute atomic E-state index is 1.01. The van der Waals surface area contributed by atoms with Crippen LogP contribution in [-0.2, 0) is 19.3 Å². The van der Waals surface area contributed by atoms with Crippen molar-refractivity contribution in [2.24, 2.45) is 0 Å². The van der Waals surface area contributed by atoms with Gasteiger partial charge in [-0.05, 0) is 59.1 Å². The molecule has 0 aliphatic heterocycles. The van der Waals surface area contributed by atoms with E-state index in [4.69, 9.17) is 5.73 Å². The second-order valence-corrected chi connectivity index (χ2v) is 12.2. The van der Waals surface area contributed by atoms with Crippen LogP contribution in [0.25, 0.3) is 11.1 Å². The van der Waals surface area contributed by atoms with Crippen molar-refractivity contribution in [3.8, 4) is 11.1 Å². The topological polar surface area (TPSA) is 26.0 Å². The molecule has 2 aromatic carbocycles. The molecule has 0 amide bonds. The van der Waals surface area contributed by atoms with E-state index in [9.17, 15) is 0 Å². The monoisotopic (exact) mass is 517 g/mol. The molecule has 0 radical (unpaired) electrons. The number of anilines is 1. The average molecular weight is 518 g/mol. The van der Waals surface area contributed by atoms with Gasteiger partial charge < -0.3 is 5.73 Å². The zero-order valence-electron chi connectivity index (χ0n) is 25.2. The number of unbranched alkanes of at least 4 members (excludes halogenated alkanes) is 18. The molecule has 1 heteroatoms. The smallest absolute Gasteiger partial charge is 0.0391 e. The maximum absolute atomic E-state index is 6.96. The second-order valence-electron chi connectivity index (χ2n) is 12.2. The van der Waals surface area contributed by atoms with Gasteiger partial charge in [-0.25, -0.2) is 0 Å². The normalized spacial score (nSPS) is 12.2. The maximum Gasteiger partial charge on any atom is 0.0391 e. The summed E-state index contributed by atoms with van der Waals surface area (Å²) in [4.78, 5) is 0. The van der Waals surface area contributed by atoms with Crippen LogP contribution in [0.2, 0.25) is 0 Å². The third-order valence-electron chi connectivity index (χ3n) is 8.94. The molecule has 0 saturated carbocycles. The van der Waals surface area contributed by atoms with Gasteiger partial charge in [0.05, 0.1) is 0 Å². The number of benzene rings is 2. The van der Waals surface area contributed by atoms with Gasteiger partial charge in [0.2, 0.25) is 0 Å². The minimum Gasteiger partial charge on any atom is -0.398 e. The van der Waals surface area contributed by atoms with E-state index < -0.39 is 0 Å². The third-order valence-corrected chi connectivity index (χ3v) is 8.94. The summed E-state index contributed by atoms with van der Waals surface area (Å²) in [6, 6.07) is 11.5. The predicted molar refractivity (Wildman–Crippen MR) is 170 cm³/mol. The molecule has 212 valence electrons. The van der Waals surface area contributed by atoms with Crippen molar-refractivity contribution in [1.29, 1.82) is 0 Å². The zero-order chi connectivity index (χ0) is 26.8. The SMILES string of the molecule is CCCCCCCCCCCCc1cc2c(c(N)c1CCCCCCCCCCCC)Cc1ccccc1-2. The van der Waals surface area contributed by atoms with E-state index in [-0.39, 0.29) is 0 Å².